The highest BCUT2D eigenvalue weighted by Gasteiger charge is 2.22. The van der Waals surface area contributed by atoms with Gasteiger partial charge < -0.3 is 10.2 Å². The summed E-state index contributed by atoms with van der Waals surface area (Å²) < 4.78 is 0. The fourth-order valence-electron chi connectivity index (χ4n) is 6.48. The standard InChI is InChI=1S/C40H36N2O2/c1-23-19-25(3)37(26(4)20-23)41-39(43)33-17-15-29-11-7-9-13-31(29)35(33)36-32-14-10-8-12-30(32)16-18-34(36)40(44)42-38-27(5)21-24(2)22-28(38)6/h7-22H,1-6H3,(H,41,43)(H,42,44). The maximum atomic E-state index is 11.8. The van der Waals surface area contributed by atoms with Crippen LogP contribution < -0.4 is 0 Å². The van der Waals surface area contributed by atoms with E-state index in [1.165, 1.54) is 0 Å². The monoisotopic (exact) mass is 576 g/mol. The van der Waals surface area contributed by atoms with E-state index in [0.29, 0.717) is 11.1 Å². The van der Waals surface area contributed by atoms with Gasteiger partial charge in [-0.15, -0.1) is 0 Å². The van der Waals surface area contributed by atoms with Crippen molar-refractivity contribution in [3.8, 4) is 11.1 Å². The normalized spacial score (nSPS) is 12.3. The molecule has 4 nitrogen and oxygen atoms in total. The number of rotatable bonds is 5. The summed E-state index contributed by atoms with van der Waals surface area (Å²) >= 11 is 0. The molecule has 0 fully saturated rings. The van der Waals surface area contributed by atoms with Crippen LogP contribution in [0.3, 0.4) is 0 Å². The molecule has 0 heterocycles. The second-order valence-corrected chi connectivity index (χ2v) is 11.8. The Morgan fingerprint density at radius 2 is 0.795 bits per heavy atom. The molecule has 0 saturated heterocycles. The van der Waals surface area contributed by atoms with Gasteiger partial charge in [-0.2, -0.15) is 0 Å². The van der Waals surface area contributed by atoms with E-state index >= 15 is 0 Å². The number of aliphatic hydroxyl groups excluding tert-OH is 2. The molecular weight excluding hydrogens is 540 g/mol. The van der Waals surface area contributed by atoms with Crippen molar-refractivity contribution in [3.63, 3.8) is 0 Å². The van der Waals surface area contributed by atoms with Crippen LogP contribution in [0.2, 0.25) is 0 Å². The summed E-state index contributed by atoms with van der Waals surface area (Å²) in [4.78, 5) is 9.59. The highest BCUT2D eigenvalue weighted by molar-refractivity contribution is 6.19. The van der Waals surface area contributed by atoms with Crippen LogP contribution in [0, 0.1) is 41.5 Å². The van der Waals surface area contributed by atoms with E-state index < -0.39 is 0 Å². The van der Waals surface area contributed by atoms with Gasteiger partial charge in [-0.3, -0.25) is 0 Å². The van der Waals surface area contributed by atoms with Crippen molar-refractivity contribution in [2.24, 2.45) is 9.98 Å². The third-order valence-electron chi connectivity index (χ3n) is 8.30. The van der Waals surface area contributed by atoms with E-state index in [1.54, 1.807) is 0 Å². The van der Waals surface area contributed by atoms with Crippen LogP contribution in [0.1, 0.15) is 44.5 Å². The van der Waals surface area contributed by atoms with Gasteiger partial charge in [0.05, 0.1) is 11.4 Å². The lowest BCUT2D eigenvalue weighted by Gasteiger charge is -2.19. The van der Waals surface area contributed by atoms with Gasteiger partial charge in [0.25, 0.3) is 0 Å². The van der Waals surface area contributed by atoms with Gasteiger partial charge in [-0.05, 0) is 97.5 Å². The van der Waals surface area contributed by atoms with E-state index in [-0.39, 0.29) is 11.8 Å². The zero-order chi connectivity index (χ0) is 31.1. The maximum absolute atomic E-state index is 11.8. The lowest BCUT2D eigenvalue weighted by Crippen LogP contribution is -2.07. The van der Waals surface area contributed by atoms with Gasteiger partial charge in [0.15, 0.2) is 0 Å². The summed E-state index contributed by atoms with van der Waals surface area (Å²) in [5, 5.41) is 27.5. The lowest BCUT2D eigenvalue weighted by atomic mass is 9.86. The van der Waals surface area contributed by atoms with Crippen molar-refractivity contribution < 1.29 is 10.2 Å². The van der Waals surface area contributed by atoms with Gasteiger partial charge in [0.2, 0.25) is 11.8 Å². The Hall–Kier alpha value is -5.22. The number of aliphatic imine (C=N–C) groups is 2. The Kier molecular flexibility index (Phi) is 7.52. The smallest absolute Gasteiger partial charge is 0.219 e. The first-order valence-electron chi connectivity index (χ1n) is 14.9. The second-order valence-electron chi connectivity index (χ2n) is 11.8. The molecule has 6 rings (SSSR count). The van der Waals surface area contributed by atoms with Crippen molar-refractivity contribution >= 4 is 44.7 Å². The highest BCUT2D eigenvalue weighted by Crippen LogP contribution is 2.40. The van der Waals surface area contributed by atoms with E-state index in [2.05, 4.69) is 62.4 Å². The third kappa shape index (κ3) is 5.24. The molecule has 0 aliphatic carbocycles. The van der Waals surface area contributed by atoms with E-state index in [0.717, 1.165) is 77.4 Å². The minimum Gasteiger partial charge on any atom is -0.493 e. The first-order chi connectivity index (χ1) is 21.1. The van der Waals surface area contributed by atoms with Crippen LogP contribution in [0.15, 0.2) is 107 Å². The largest absolute Gasteiger partial charge is 0.493 e. The molecule has 0 radical (unpaired) electrons. The van der Waals surface area contributed by atoms with E-state index in [9.17, 15) is 10.2 Å². The zero-order valence-electron chi connectivity index (χ0n) is 26.0. The summed E-state index contributed by atoms with van der Waals surface area (Å²) in [6, 6.07) is 32.4. The molecule has 0 aromatic heterocycles. The predicted molar refractivity (Wildman–Crippen MR) is 186 cm³/mol. The van der Waals surface area contributed by atoms with Crippen LogP contribution in [0.5, 0.6) is 0 Å². The quantitative estimate of drug-likeness (QED) is 0.158. The minimum absolute atomic E-state index is 0.0821. The maximum Gasteiger partial charge on any atom is 0.219 e. The van der Waals surface area contributed by atoms with Gasteiger partial charge >= 0.3 is 0 Å². The SMILES string of the molecule is Cc1cc(C)c(N=C(O)c2ccc3ccccc3c2-c2c(C(O)=Nc3c(C)cc(C)cc3C)ccc3ccccc23)c(C)c1. The van der Waals surface area contributed by atoms with Crippen molar-refractivity contribution in [3.05, 3.63) is 142 Å². The first-order valence-corrected chi connectivity index (χ1v) is 14.9. The average molecular weight is 577 g/mol. The average Bonchev–Trinajstić information content (AvgIpc) is 2.99. The van der Waals surface area contributed by atoms with E-state index in [1.807, 2.05) is 76.2 Å². The second kappa shape index (κ2) is 11.5. The Labute approximate surface area is 258 Å². The number of aryl methyl sites for hydroxylation is 6. The number of aliphatic hydroxyl groups is 2. The minimum atomic E-state index is -0.0821. The number of benzene rings is 6. The fraction of sp³-hybridized carbons (Fsp3) is 0.150. The Bertz CT molecular complexity index is 1950. The molecule has 6 aromatic rings. The lowest BCUT2D eigenvalue weighted by molar-refractivity contribution is 0.554. The Morgan fingerprint density at radius 3 is 1.16 bits per heavy atom. The summed E-state index contributed by atoms with van der Waals surface area (Å²) in [6.45, 7) is 12.2. The molecule has 0 unspecified atom stereocenters. The van der Waals surface area contributed by atoms with Crippen molar-refractivity contribution in [2.45, 2.75) is 41.5 Å². The first kappa shape index (κ1) is 28.9. The zero-order valence-corrected chi connectivity index (χ0v) is 26.0. The van der Waals surface area contributed by atoms with Gasteiger partial charge in [-0.1, -0.05) is 96.1 Å². The highest BCUT2D eigenvalue weighted by atomic mass is 16.3. The van der Waals surface area contributed by atoms with Gasteiger partial charge in [0.1, 0.15) is 0 Å². The van der Waals surface area contributed by atoms with Gasteiger partial charge in [0, 0.05) is 22.3 Å². The molecule has 44 heavy (non-hydrogen) atoms. The summed E-state index contributed by atoms with van der Waals surface area (Å²) in [5.74, 6) is -0.164. The van der Waals surface area contributed by atoms with Crippen LogP contribution in [-0.2, 0) is 0 Å². The molecule has 0 atom stereocenters. The summed E-state index contributed by atoms with van der Waals surface area (Å²) in [7, 11) is 0. The molecule has 4 heteroatoms. The summed E-state index contributed by atoms with van der Waals surface area (Å²) in [6.07, 6.45) is 0. The molecule has 0 saturated carbocycles. The molecule has 0 aliphatic rings. The van der Waals surface area contributed by atoms with Crippen molar-refractivity contribution in [1.29, 1.82) is 0 Å². The molecule has 6 aromatic carbocycles. The molecule has 2 N–H and O–H groups in total. The predicted octanol–water partition coefficient (Wildman–Crippen LogP) is 10.8. The Balaban J connectivity index is 1.69. The summed E-state index contributed by atoms with van der Waals surface area (Å²) in [5.41, 5.74) is 10.5. The van der Waals surface area contributed by atoms with Crippen molar-refractivity contribution in [1.82, 2.24) is 0 Å². The molecule has 0 spiro atoms. The molecular formula is C40H36N2O2. The molecule has 0 bridgehead atoms. The van der Waals surface area contributed by atoms with Crippen LogP contribution >= 0.6 is 0 Å². The Morgan fingerprint density at radius 1 is 0.455 bits per heavy atom. The topological polar surface area (TPSA) is 65.2 Å². The van der Waals surface area contributed by atoms with Crippen LogP contribution in [0.4, 0.5) is 11.4 Å². The van der Waals surface area contributed by atoms with Crippen LogP contribution in [0.25, 0.3) is 32.7 Å². The van der Waals surface area contributed by atoms with E-state index in [4.69, 9.17) is 9.98 Å². The van der Waals surface area contributed by atoms with Crippen LogP contribution in [-0.4, -0.2) is 22.0 Å². The van der Waals surface area contributed by atoms with Crippen molar-refractivity contribution in [2.75, 3.05) is 0 Å². The number of nitrogens with zero attached hydrogens (tertiary/aromatic N) is 2. The number of hydrogen-bond acceptors (Lipinski definition) is 2. The number of fused-ring (bicyclic) bond motifs is 2. The molecule has 0 aliphatic heterocycles. The molecule has 0 amide bonds. The number of hydrogen-bond donors (Lipinski definition) is 2. The molecule has 218 valence electrons. The fourth-order valence-corrected chi connectivity index (χ4v) is 6.48. The third-order valence-corrected chi connectivity index (χ3v) is 8.30. The van der Waals surface area contributed by atoms with Gasteiger partial charge in [-0.25, -0.2) is 9.98 Å².